The minimum Gasteiger partial charge on any atom is -0.456 e. The van der Waals surface area contributed by atoms with Crippen LogP contribution < -0.4 is 4.90 Å². The summed E-state index contributed by atoms with van der Waals surface area (Å²) in [5, 5.41) is 4.45. The molecule has 2 heterocycles. The Hall–Kier alpha value is -5.28. The third-order valence-electron chi connectivity index (χ3n) is 9.17. The molecular weight excluding hydrogens is 526 g/mol. The fraction of sp³-hybridized carbons (Fsp3) is 0.100. The zero-order valence-corrected chi connectivity index (χ0v) is 24.1. The molecular formula is C40H29NO2. The average Bonchev–Trinajstić information content (AvgIpc) is 3.59. The van der Waals surface area contributed by atoms with Gasteiger partial charge in [-0.25, -0.2) is 0 Å². The van der Waals surface area contributed by atoms with Crippen LogP contribution in [0.4, 0.5) is 17.1 Å². The highest BCUT2D eigenvalue weighted by Gasteiger charge is 2.34. The molecule has 0 aliphatic heterocycles. The van der Waals surface area contributed by atoms with Crippen molar-refractivity contribution in [1.29, 1.82) is 0 Å². The molecule has 6 aromatic carbocycles. The van der Waals surface area contributed by atoms with E-state index in [0.717, 1.165) is 67.4 Å². The Balaban J connectivity index is 1.40. The van der Waals surface area contributed by atoms with Crippen molar-refractivity contribution >= 4 is 60.9 Å². The van der Waals surface area contributed by atoms with Crippen molar-refractivity contribution < 1.29 is 8.83 Å². The number of furan rings is 2. The average molecular weight is 556 g/mol. The first kappa shape index (κ1) is 24.3. The molecule has 0 saturated carbocycles. The van der Waals surface area contributed by atoms with Crippen molar-refractivity contribution in [2.75, 3.05) is 4.90 Å². The molecule has 8 aromatic rings. The highest BCUT2D eigenvalue weighted by atomic mass is 16.3. The van der Waals surface area contributed by atoms with Gasteiger partial charge in [0.25, 0.3) is 0 Å². The molecule has 3 nitrogen and oxygen atoms in total. The first-order valence-electron chi connectivity index (χ1n) is 14.9. The van der Waals surface area contributed by atoms with Gasteiger partial charge < -0.3 is 13.7 Å². The fourth-order valence-electron chi connectivity index (χ4n) is 7.27. The van der Waals surface area contributed by atoms with Crippen molar-refractivity contribution in [3.05, 3.63) is 139 Å². The fourth-order valence-corrected chi connectivity index (χ4v) is 7.27. The summed E-state index contributed by atoms with van der Waals surface area (Å²) in [5.41, 5.74) is 12.1. The van der Waals surface area contributed by atoms with Gasteiger partial charge in [-0.2, -0.15) is 0 Å². The number of benzene rings is 6. The number of para-hydroxylation sites is 2. The molecule has 0 atom stereocenters. The lowest BCUT2D eigenvalue weighted by Crippen LogP contribution is -2.27. The van der Waals surface area contributed by atoms with Gasteiger partial charge in [-0.05, 0) is 71.0 Å². The van der Waals surface area contributed by atoms with Gasteiger partial charge >= 0.3 is 0 Å². The van der Waals surface area contributed by atoms with E-state index in [0.29, 0.717) is 0 Å². The highest BCUT2D eigenvalue weighted by Crippen LogP contribution is 2.52. The standard InChI is InChI=1S/C40H29NO2/c1-40(2)24-25-11-3-4-12-27(25)38-31(40)15-9-16-32(38)41(26-21-22-29-28-13-5-7-18-34(28)43-37(29)23-26)33-17-10-20-36-39(33)30-14-6-8-19-35(30)42-36/h3-23H,24H2,1-2H3. The van der Waals surface area contributed by atoms with Crippen LogP contribution in [0.2, 0.25) is 0 Å². The Morgan fingerprint density at radius 2 is 1.21 bits per heavy atom. The Morgan fingerprint density at radius 3 is 2.09 bits per heavy atom. The van der Waals surface area contributed by atoms with Crippen molar-refractivity contribution in [3.8, 4) is 11.1 Å². The van der Waals surface area contributed by atoms with Crippen LogP contribution in [-0.4, -0.2) is 0 Å². The van der Waals surface area contributed by atoms with Crippen LogP contribution in [0.15, 0.2) is 136 Å². The highest BCUT2D eigenvalue weighted by molar-refractivity contribution is 6.14. The van der Waals surface area contributed by atoms with Crippen LogP contribution >= 0.6 is 0 Å². The molecule has 2 aromatic heterocycles. The summed E-state index contributed by atoms with van der Waals surface area (Å²) in [6, 6.07) is 45.2. The second kappa shape index (κ2) is 8.86. The number of fused-ring (bicyclic) bond motifs is 9. The predicted molar refractivity (Wildman–Crippen MR) is 178 cm³/mol. The lowest BCUT2D eigenvalue weighted by atomic mass is 9.69. The Bertz CT molecular complexity index is 2370. The van der Waals surface area contributed by atoms with Gasteiger partial charge in [0, 0.05) is 33.5 Å². The van der Waals surface area contributed by atoms with Crippen LogP contribution in [0.3, 0.4) is 0 Å². The topological polar surface area (TPSA) is 29.5 Å². The summed E-state index contributed by atoms with van der Waals surface area (Å²) in [4.78, 5) is 2.41. The Kier molecular flexibility index (Phi) is 5.01. The number of hydrogen-bond acceptors (Lipinski definition) is 3. The maximum atomic E-state index is 6.41. The van der Waals surface area contributed by atoms with Crippen LogP contribution in [0, 0.1) is 0 Å². The molecule has 0 amide bonds. The number of hydrogen-bond donors (Lipinski definition) is 0. The number of nitrogens with zero attached hydrogens (tertiary/aromatic N) is 1. The van der Waals surface area contributed by atoms with Crippen LogP contribution in [-0.2, 0) is 11.8 Å². The van der Waals surface area contributed by atoms with Crippen molar-refractivity contribution in [2.45, 2.75) is 25.7 Å². The second-order valence-electron chi connectivity index (χ2n) is 12.3. The van der Waals surface area contributed by atoms with E-state index in [1.807, 2.05) is 24.3 Å². The molecule has 0 bridgehead atoms. The molecule has 1 aliphatic rings. The van der Waals surface area contributed by atoms with Crippen LogP contribution in [0.25, 0.3) is 55.0 Å². The van der Waals surface area contributed by atoms with Crippen molar-refractivity contribution in [1.82, 2.24) is 0 Å². The summed E-state index contributed by atoms with van der Waals surface area (Å²) in [6.07, 6.45) is 1.01. The molecule has 0 spiro atoms. The largest absolute Gasteiger partial charge is 0.456 e. The van der Waals surface area contributed by atoms with Gasteiger partial charge in [0.15, 0.2) is 0 Å². The van der Waals surface area contributed by atoms with Crippen molar-refractivity contribution in [2.24, 2.45) is 0 Å². The van der Waals surface area contributed by atoms with E-state index in [9.17, 15) is 0 Å². The summed E-state index contributed by atoms with van der Waals surface area (Å²) in [6.45, 7) is 4.72. The minimum atomic E-state index is -0.0115. The molecule has 3 heteroatoms. The molecule has 9 rings (SSSR count). The second-order valence-corrected chi connectivity index (χ2v) is 12.3. The number of rotatable bonds is 3. The van der Waals surface area contributed by atoms with Gasteiger partial charge in [0.05, 0.1) is 16.8 Å². The molecule has 0 N–H and O–H groups in total. The molecule has 1 aliphatic carbocycles. The zero-order chi connectivity index (χ0) is 28.7. The molecule has 0 radical (unpaired) electrons. The predicted octanol–water partition coefficient (Wildman–Crippen LogP) is 11.5. The monoisotopic (exact) mass is 555 g/mol. The van der Waals surface area contributed by atoms with Crippen LogP contribution in [0.1, 0.15) is 25.0 Å². The minimum absolute atomic E-state index is 0.0115. The molecule has 0 unspecified atom stereocenters. The SMILES string of the molecule is CC1(C)Cc2ccccc2-c2c(N(c3ccc4c(c3)oc3ccccc34)c3cccc4oc5ccccc5c34)cccc21. The lowest BCUT2D eigenvalue weighted by Gasteiger charge is -2.38. The van der Waals surface area contributed by atoms with E-state index in [1.54, 1.807) is 0 Å². The third-order valence-corrected chi connectivity index (χ3v) is 9.17. The van der Waals surface area contributed by atoms with E-state index in [-0.39, 0.29) is 5.41 Å². The van der Waals surface area contributed by atoms with E-state index in [4.69, 9.17) is 8.83 Å². The van der Waals surface area contributed by atoms with Crippen LogP contribution in [0.5, 0.6) is 0 Å². The summed E-state index contributed by atoms with van der Waals surface area (Å²) >= 11 is 0. The summed E-state index contributed by atoms with van der Waals surface area (Å²) in [7, 11) is 0. The maximum Gasteiger partial charge on any atom is 0.137 e. The number of anilines is 3. The quantitative estimate of drug-likeness (QED) is 0.217. The molecule has 206 valence electrons. The zero-order valence-electron chi connectivity index (χ0n) is 24.1. The molecule has 0 fully saturated rings. The maximum absolute atomic E-state index is 6.41. The van der Waals surface area contributed by atoms with Gasteiger partial charge in [-0.1, -0.05) is 92.7 Å². The molecule has 43 heavy (non-hydrogen) atoms. The summed E-state index contributed by atoms with van der Waals surface area (Å²) in [5.74, 6) is 0. The lowest BCUT2D eigenvalue weighted by molar-refractivity contribution is 0.517. The Morgan fingerprint density at radius 1 is 0.558 bits per heavy atom. The first-order valence-corrected chi connectivity index (χ1v) is 14.9. The van der Waals surface area contributed by atoms with Gasteiger partial charge in [-0.15, -0.1) is 0 Å². The third kappa shape index (κ3) is 3.55. The van der Waals surface area contributed by atoms with Crippen molar-refractivity contribution in [3.63, 3.8) is 0 Å². The van der Waals surface area contributed by atoms with Gasteiger partial charge in [0.2, 0.25) is 0 Å². The Labute approximate surface area is 249 Å². The van der Waals surface area contributed by atoms with Gasteiger partial charge in [-0.3, -0.25) is 0 Å². The van der Waals surface area contributed by atoms with E-state index in [1.165, 1.54) is 22.3 Å². The molecule has 0 saturated heterocycles. The normalized spacial score (nSPS) is 13.9. The van der Waals surface area contributed by atoms with E-state index >= 15 is 0 Å². The summed E-state index contributed by atoms with van der Waals surface area (Å²) < 4.78 is 12.8. The van der Waals surface area contributed by atoms with E-state index in [2.05, 4.69) is 122 Å². The van der Waals surface area contributed by atoms with Gasteiger partial charge in [0.1, 0.15) is 22.3 Å². The smallest absolute Gasteiger partial charge is 0.137 e. The first-order chi connectivity index (χ1) is 21.1. The van der Waals surface area contributed by atoms with E-state index < -0.39 is 0 Å².